The van der Waals surface area contributed by atoms with E-state index in [2.05, 4.69) is 30.3 Å². The molecule has 0 fully saturated rings. The summed E-state index contributed by atoms with van der Waals surface area (Å²) < 4.78 is 26.7. The van der Waals surface area contributed by atoms with Crippen LogP contribution in [0.3, 0.4) is 0 Å². The minimum absolute atomic E-state index is 0.271. The van der Waals surface area contributed by atoms with Gasteiger partial charge in [-0.05, 0) is 54.5 Å². The first-order chi connectivity index (χ1) is 11.0. The maximum atomic E-state index is 11.0. The molecular weight excluding hydrogens is 310 g/mol. The third kappa shape index (κ3) is 4.43. The van der Waals surface area contributed by atoms with Gasteiger partial charge in [-0.25, -0.2) is 0 Å². The second-order valence-electron chi connectivity index (χ2n) is 5.74. The minimum Gasteiger partial charge on any atom is -0.371 e. The van der Waals surface area contributed by atoms with Gasteiger partial charge in [-0.3, -0.25) is 0 Å². The van der Waals surface area contributed by atoms with E-state index in [-0.39, 0.29) is 5.75 Å². The molecular formula is C18H19NO3S. The molecule has 4 nitrogen and oxygen atoms in total. The molecule has 1 aliphatic carbocycles. The predicted molar refractivity (Wildman–Crippen MR) is 90.4 cm³/mol. The Labute approximate surface area is 136 Å². The fourth-order valence-electron chi connectivity index (χ4n) is 2.86. The van der Waals surface area contributed by atoms with Crippen molar-refractivity contribution in [1.82, 2.24) is 0 Å². The molecule has 0 atom stereocenters. The first-order valence-electron chi connectivity index (χ1n) is 7.55. The summed E-state index contributed by atoms with van der Waals surface area (Å²) in [4.78, 5) is 0. The van der Waals surface area contributed by atoms with E-state index >= 15 is 0 Å². The maximum absolute atomic E-state index is 11.0. The first kappa shape index (κ1) is 15.8. The zero-order chi connectivity index (χ0) is 16.3. The highest BCUT2D eigenvalue weighted by Crippen LogP contribution is 2.27. The summed E-state index contributed by atoms with van der Waals surface area (Å²) in [7, 11) is -3.97. The van der Waals surface area contributed by atoms with Crippen molar-refractivity contribution in [3.05, 3.63) is 76.9 Å². The van der Waals surface area contributed by atoms with Crippen molar-refractivity contribution in [2.75, 3.05) is 0 Å². The molecule has 0 spiro atoms. The highest BCUT2D eigenvalue weighted by molar-refractivity contribution is 7.84. The van der Waals surface area contributed by atoms with Crippen LogP contribution in [-0.4, -0.2) is 8.42 Å². The monoisotopic (exact) mass is 329 g/mol. The van der Waals surface area contributed by atoms with Gasteiger partial charge < -0.3 is 4.18 Å². The van der Waals surface area contributed by atoms with E-state index < -0.39 is 10.3 Å². The lowest BCUT2D eigenvalue weighted by Gasteiger charge is -2.18. The van der Waals surface area contributed by atoms with E-state index in [1.807, 2.05) is 12.1 Å². The second-order valence-corrected chi connectivity index (χ2v) is 6.89. The third-order valence-corrected chi connectivity index (χ3v) is 4.42. The molecule has 0 saturated heterocycles. The van der Waals surface area contributed by atoms with E-state index in [0.29, 0.717) is 0 Å². The first-order valence-corrected chi connectivity index (χ1v) is 9.02. The fraction of sp³-hybridized carbons (Fsp3) is 0.222. The Balaban J connectivity index is 1.66. The Morgan fingerprint density at radius 1 is 1.00 bits per heavy atom. The van der Waals surface area contributed by atoms with Crippen LogP contribution in [0.5, 0.6) is 5.75 Å². The predicted octanol–water partition coefficient (Wildman–Crippen LogP) is 2.93. The van der Waals surface area contributed by atoms with Gasteiger partial charge in [-0.15, -0.1) is 0 Å². The molecule has 0 unspecified atom stereocenters. The molecule has 0 saturated carbocycles. The van der Waals surface area contributed by atoms with E-state index in [1.165, 1.54) is 16.7 Å². The lowest BCUT2D eigenvalue weighted by molar-refractivity contribution is 0.487. The summed E-state index contributed by atoms with van der Waals surface area (Å²) in [5.74, 6) is 0.271. The van der Waals surface area contributed by atoms with Crippen molar-refractivity contribution in [2.45, 2.75) is 25.7 Å². The van der Waals surface area contributed by atoms with Gasteiger partial charge in [0.2, 0.25) is 0 Å². The average molecular weight is 329 g/mol. The standard InChI is InChI=1S/C18H19NO3S/c19-23(20,21)22-18-11-10-16-12-15(8-9-17(16)13-18)7-6-14-4-2-1-3-5-14/h1-5,8,10-11,13H,6-7,9,12H2,(H2,19,20,21). The third-order valence-electron chi connectivity index (χ3n) is 4.00. The van der Waals surface area contributed by atoms with Gasteiger partial charge in [0.1, 0.15) is 5.75 Å². The Bertz CT molecular complexity index is 827. The summed E-state index contributed by atoms with van der Waals surface area (Å²) in [6.07, 6.45) is 6.00. The number of aryl methyl sites for hydroxylation is 1. The second kappa shape index (κ2) is 6.56. The van der Waals surface area contributed by atoms with E-state index in [0.717, 1.165) is 31.2 Å². The van der Waals surface area contributed by atoms with E-state index in [4.69, 9.17) is 9.32 Å². The molecule has 2 N–H and O–H groups in total. The Hall–Kier alpha value is -2.11. The van der Waals surface area contributed by atoms with Crippen LogP contribution >= 0.6 is 0 Å². The molecule has 0 heterocycles. The van der Waals surface area contributed by atoms with Crippen LogP contribution in [0.25, 0.3) is 0 Å². The van der Waals surface area contributed by atoms with Crippen molar-refractivity contribution in [2.24, 2.45) is 5.14 Å². The van der Waals surface area contributed by atoms with Crippen LogP contribution < -0.4 is 9.32 Å². The molecule has 0 aromatic heterocycles. The van der Waals surface area contributed by atoms with Gasteiger partial charge in [0.25, 0.3) is 0 Å². The molecule has 0 aliphatic heterocycles. The van der Waals surface area contributed by atoms with Gasteiger partial charge in [-0.1, -0.05) is 48.0 Å². The fourth-order valence-corrected chi connectivity index (χ4v) is 3.23. The van der Waals surface area contributed by atoms with Crippen LogP contribution in [0.1, 0.15) is 23.1 Å². The minimum atomic E-state index is -3.97. The number of fused-ring (bicyclic) bond motifs is 1. The van der Waals surface area contributed by atoms with Crippen molar-refractivity contribution in [3.8, 4) is 5.75 Å². The van der Waals surface area contributed by atoms with E-state index in [1.54, 1.807) is 12.1 Å². The quantitative estimate of drug-likeness (QED) is 0.858. The van der Waals surface area contributed by atoms with Crippen LogP contribution in [0, 0.1) is 0 Å². The Morgan fingerprint density at radius 3 is 2.52 bits per heavy atom. The molecule has 0 bridgehead atoms. The zero-order valence-electron chi connectivity index (χ0n) is 12.7. The summed E-state index contributed by atoms with van der Waals surface area (Å²) in [6, 6.07) is 15.8. The highest BCUT2D eigenvalue weighted by Gasteiger charge is 2.13. The molecule has 5 heteroatoms. The van der Waals surface area contributed by atoms with Gasteiger partial charge in [0, 0.05) is 0 Å². The van der Waals surface area contributed by atoms with Gasteiger partial charge in [0.05, 0.1) is 0 Å². The molecule has 2 aromatic rings. The van der Waals surface area contributed by atoms with Crippen LogP contribution in [0.4, 0.5) is 0 Å². The molecule has 2 aromatic carbocycles. The van der Waals surface area contributed by atoms with Crippen LogP contribution in [0.15, 0.2) is 60.2 Å². The van der Waals surface area contributed by atoms with Crippen molar-refractivity contribution in [3.63, 3.8) is 0 Å². The summed E-state index contributed by atoms with van der Waals surface area (Å²) in [6.45, 7) is 0. The number of rotatable bonds is 5. The summed E-state index contributed by atoms with van der Waals surface area (Å²) >= 11 is 0. The lowest BCUT2D eigenvalue weighted by atomic mass is 9.89. The van der Waals surface area contributed by atoms with Crippen molar-refractivity contribution < 1.29 is 12.6 Å². The Kier molecular flexibility index (Phi) is 4.50. The zero-order valence-corrected chi connectivity index (χ0v) is 13.6. The maximum Gasteiger partial charge on any atom is 0.380 e. The van der Waals surface area contributed by atoms with Gasteiger partial charge in [-0.2, -0.15) is 13.6 Å². The number of hydrogen-bond donors (Lipinski definition) is 1. The number of nitrogens with two attached hydrogens (primary N) is 1. The average Bonchev–Trinajstić information content (AvgIpc) is 2.52. The number of benzene rings is 2. The normalized spacial score (nSPS) is 14.0. The van der Waals surface area contributed by atoms with Crippen molar-refractivity contribution in [1.29, 1.82) is 0 Å². The summed E-state index contributed by atoms with van der Waals surface area (Å²) in [5, 5.41) is 4.90. The molecule has 3 rings (SSSR count). The largest absolute Gasteiger partial charge is 0.380 e. The number of hydrogen-bond acceptors (Lipinski definition) is 3. The highest BCUT2D eigenvalue weighted by atomic mass is 32.2. The van der Waals surface area contributed by atoms with Gasteiger partial charge >= 0.3 is 10.3 Å². The smallest absolute Gasteiger partial charge is 0.371 e. The van der Waals surface area contributed by atoms with E-state index in [9.17, 15) is 8.42 Å². The lowest BCUT2D eigenvalue weighted by Crippen LogP contribution is -2.19. The topological polar surface area (TPSA) is 69.4 Å². The van der Waals surface area contributed by atoms with Crippen molar-refractivity contribution >= 4 is 10.3 Å². The molecule has 23 heavy (non-hydrogen) atoms. The van der Waals surface area contributed by atoms with Gasteiger partial charge in [0.15, 0.2) is 0 Å². The Morgan fingerprint density at radius 2 is 1.78 bits per heavy atom. The molecule has 0 radical (unpaired) electrons. The van der Waals surface area contributed by atoms with Crippen LogP contribution in [-0.2, 0) is 29.6 Å². The SMILES string of the molecule is NS(=O)(=O)Oc1ccc2c(c1)CC=C(CCc1ccccc1)C2. The van der Waals surface area contributed by atoms with Crippen LogP contribution in [0.2, 0.25) is 0 Å². The molecule has 1 aliphatic rings. The number of allylic oxidation sites excluding steroid dienone is 2. The molecule has 0 amide bonds. The molecule has 120 valence electrons. The summed E-state index contributed by atoms with van der Waals surface area (Å²) in [5.41, 5.74) is 5.07.